The molecule has 18 heavy (non-hydrogen) atoms. The molecule has 0 bridgehead atoms. The molecule has 0 atom stereocenters. The van der Waals surface area contributed by atoms with E-state index in [1.54, 1.807) is 12.1 Å². The Bertz CT molecular complexity index is 512. The predicted molar refractivity (Wildman–Crippen MR) is 72.6 cm³/mol. The lowest BCUT2D eigenvalue weighted by Crippen LogP contribution is -2.29. The number of para-hydroxylation sites is 1. The molecule has 0 saturated carbocycles. The number of benzene rings is 1. The molecule has 0 fully saturated rings. The summed E-state index contributed by atoms with van der Waals surface area (Å²) < 4.78 is 21.9. The van der Waals surface area contributed by atoms with Gasteiger partial charge in [-0.25, -0.2) is 8.42 Å². The number of sulfone groups is 1. The third kappa shape index (κ3) is 4.75. The number of hydrogen-bond donors (Lipinski definition) is 2. The second-order valence-corrected chi connectivity index (χ2v) is 6.22. The molecular weight excluding hydrogens is 252 g/mol. The Morgan fingerprint density at radius 1 is 1.28 bits per heavy atom. The van der Waals surface area contributed by atoms with Gasteiger partial charge in [-0.05, 0) is 19.1 Å². The monoisotopic (exact) mass is 270 g/mol. The summed E-state index contributed by atoms with van der Waals surface area (Å²) in [6.45, 7) is 2.78. The molecule has 0 unspecified atom stereocenters. The molecular formula is C12H18N2O3S. The highest BCUT2D eigenvalue weighted by Gasteiger charge is 2.10. The Morgan fingerprint density at radius 3 is 2.56 bits per heavy atom. The third-order valence-corrected chi connectivity index (χ3v) is 3.24. The summed E-state index contributed by atoms with van der Waals surface area (Å²) in [6, 6.07) is 7.13. The van der Waals surface area contributed by atoms with E-state index in [0.29, 0.717) is 12.1 Å². The summed E-state index contributed by atoms with van der Waals surface area (Å²) in [6.07, 6.45) is 1.14. The molecule has 0 aliphatic carbocycles. The van der Waals surface area contributed by atoms with Crippen LogP contribution >= 0.6 is 0 Å². The molecule has 0 aromatic heterocycles. The first-order valence-electron chi connectivity index (χ1n) is 5.73. The van der Waals surface area contributed by atoms with Gasteiger partial charge in [0.15, 0.2) is 0 Å². The van der Waals surface area contributed by atoms with E-state index in [1.807, 2.05) is 19.1 Å². The molecule has 0 heterocycles. The topological polar surface area (TPSA) is 75.3 Å². The highest BCUT2D eigenvalue weighted by atomic mass is 32.2. The summed E-state index contributed by atoms with van der Waals surface area (Å²) in [5.74, 6) is -0.322. The first kappa shape index (κ1) is 14.5. The molecule has 0 saturated heterocycles. The Balaban J connectivity index is 2.66. The zero-order valence-corrected chi connectivity index (χ0v) is 11.4. The fourth-order valence-electron chi connectivity index (χ4n) is 1.47. The lowest BCUT2D eigenvalue weighted by molar-refractivity contribution is 0.0957. The molecule has 0 aliphatic rings. The van der Waals surface area contributed by atoms with Crippen molar-refractivity contribution in [2.75, 3.05) is 30.4 Å². The Morgan fingerprint density at radius 2 is 1.94 bits per heavy atom. The van der Waals surface area contributed by atoms with Crippen molar-refractivity contribution in [3.63, 3.8) is 0 Å². The Labute approximate surface area is 108 Å². The van der Waals surface area contributed by atoms with Crippen LogP contribution in [0.5, 0.6) is 0 Å². The third-order valence-electron chi connectivity index (χ3n) is 2.30. The lowest BCUT2D eigenvalue weighted by atomic mass is 10.1. The molecule has 1 aromatic carbocycles. The smallest absolute Gasteiger partial charge is 0.253 e. The molecule has 1 rings (SSSR count). The van der Waals surface area contributed by atoms with Crippen LogP contribution in [0.15, 0.2) is 24.3 Å². The predicted octanol–water partition coefficient (Wildman–Crippen LogP) is 0.893. The van der Waals surface area contributed by atoms with Crippen molar-refractivity contribution in [1.82, 2.24) is 5.32 Å². The largest absolute Gasteiger partial charge is 0.385 e. The van der Waals surface area contributed by atoms with E-state index in [2.05, 4.69) is 10.6 Å². The molecule has 5 nitrogen and oxygen atoms in total. The standard InChI is InChI=1S/C12H18N2O3S/c1-3-13-11-7-5-4-6-10(11)12(15)14-8-9-18(2,16)17/h4-7,13H,3,8-9H2,1-2H3,(H,14,15). The lowest BCUT2D eigenvalue weighted by Gasteiger charge is -2.10. The van der Waals surface area contributed by atoms with Crippen LogP contribution in [0, 0.1) is 0 Å². The molecule has 1 aromatic rings. The second kappa shape index (κ2) is 6.39. The van der Waals surface area contributed by atoms with E-state index in [4.69, 9.17) is 0 Å². The van der Waals surface area contributed by atoms with E-state index in [-0.39, 0.29) is 18.2 Å². The zero-order valence-electron chi connectivity index (χ0n) is 10.6. The molecule has 0 aliphatic heterocycles. The van der Waals surface area contributed by atoms with Crippen LogP contribution in [-0.2, 0) is 9.84 Å². The molecule has 1 amide bonds. The first-order chi connectivity index (χ1) is 8.44. The highest BCUT2D eigenvalue weighted by Crippen LogP contribution is 2.14. The van der Waals surface area contributed by atoms with Gasteiger partial charge < -0.3 is 10.6 Å². The normalized spacial score (nSPS) is 11.0. The van der Waals surface area contributed by atoms with Crippen molar-refractivity contribution in [2.24, 2.45) is 0 Å². The molecule has 0 radical (unpaired) electrons. The molecule has 2 N–H and O–H groups in total. The zero-order chi connectivity index (χ0) is 13.6. The highest BCUT2D eigenvalue weighted by molar-refractivity contribution is 7.90. The van der Waals surface area contributed by atoms with Crippen LogP contribution < -0.4 is 10.6 Å². The Hall–Kier alpha value is -1.56. The molecule has 0 spiro atoms. The van der Waals surface area contributed by atoms with Gasteiger partial charge in [-0.3, -0.25) is 4.79 Å². The quantitative estimate of drug-likeness (QED) is 0.805. The van der Waals surface area contributed by atoms with Gasteiger partial charge in [0.1, 0.15) is 9.84 Å². The van der Waals surface area contributed by atoms with E-state index < -0.39 is 9.84 Å². The van der Waals surface area contributed by atoms with E-state index in [1.165, 1.54) is 0 Å². The van der Waals surface area contributed by atoms with Crippen molar-refractivity contribution in [3.8, 4) is 0 Å². The van der Waals surface area contributed by atoms with Gasteiger partial charge in [0.2, 0.25) is 0 Å². The van der Waals surface area contributed by atoms with E-state index in [9.17, 15) is 13.2 Å². The van der Waals surface area contributed by atoms with Crippen molar-refractivity contribution in [2.45, 2.75) is 6.92 Å². The van der Waals surface area contributed by atoms with E-state index >= 15 is 0 Å². The maximum absolute atomic E-state index is 11.9. The fourth-order valence-corrected chi connectivity index (χ4v) is 1.94. The maximum atomic E-state index is 11.9. The minimum atomic E-state index is -3.05. The number of carbonyl (C=O) groups is 1. The molecule has 100 valence electrons. The minimum Gasteiger partial charge on any atom is -0.385 e. The summed E-state index contributed by atoms with van der Waals surface area (Å²) >= 11 is 0. The summed E-state index contributed by atoms with van der Waals surface area (Å²) in [4.78, 5) is 11.9. The average Bonchev–Trinajstić information content (AvgIpc) is 2.28. The number of rotatable bonds is 6. The van der Waals surface area contributed by atoms with Gasteiger partial charge in [0, 0.05) is 25.0 Å². The number of nitrogens with one attached hydrogen (secondary N) is 2. The first-order valence-corrected chi connectivity index (χ1v) is 7.79. The van der Waals surface area contributed by atoms with Crippen LogP contribution in [-0.4, -0.2) is 39.4 Å². The van der Waals surface area contributed by atoms with Gasteiger partial charge in [-0.1, -0.05) is 12.1 Å². The van der Waals surface area contributed by atoms with Crippen molar-refractivity contribution in [3.05, 3.63) is 29.8 Å². The number of amides is 1. The molecule has 6 heteroatoms. The van der Waals surface area contributed by atoms with Gasteiger partial charge >= 0.3 is 0 Å². The van der Waals surface area contributed by atoms with Gasteiger partial charge in [-0.2, -0.15) is 0 Å². The maximum Gasteiger partial charge on any atom is 0.253 e. The summed E-state index contributed by atoms with van der Waals surface area (Å²) in [5.41, 5.74) is 1.27. The van der Waals surface area contributed by atoms with Crippen LogP contribution in [0.2, 0.25) is 0 Å². The van der Waals surface area contributed by atoms with E-state index in [0.717, 1.165) is 11.9 Å². The van der Waals surface area contributed by atoms with Crippen molar-refractivity contribution >= 4 is 21.4 Å². The van der Waals surface area contributed by atoms with Crippen LogP contribution in [0.4, 0.5) is 5.69 Å². The van der Waals surface area contributed by atoms with Crippen molar-refractivity contribution < 1.29 is 13.2 Å². The Kier molecular flexibility index (Phi) is 5.15. The number of anilines is 1. The van der Waals surface area contributed by atoms with Gasteiger partial charge in [0.05, 0.1) is 11.3 Å². The minimum absolute atomic E-state index is 0.0535. The summed E-state index contributed by atoms with van der Waals surface area (Å²) in [7, 11) is -3.05. The van der Waals surface area contributed by atoms with Crippen molar-refractivity contribution in [1.29, 1.82) is 0 Å². The number of carbonyl (C=O) groups excluding carboxylic acids is 1. The average molecular weight is 270 g/mol. The van der Waals surface area contributed by atoms with Crippen LogP contribution in [0.25, 0.3) is 0 Å². The number of hydrogen-bond acceptors (Lipinski definition) is 4. The second-order valence-electron chi connectivity index (χ2n) is 3.96. The van der Waals surface area contributed by atoms with Crippen LogP contribution in [0.1, 0.15) is 17.3 Å². The summed E-state index contributed by atoms with van der Waals surface area (Å²) in [5, 5.41) is 5.68. The van der Waals surface area contributed by atoms with Gasteiger partial charge in [-0.15, -0.1) is 0 Å². The SMILES string of the molecule is CCNc1ccccc1C(=O)NCCS(C)(=O)=O. The van der Waals surface area contributed by atoms with Gasteiger partial charge in [0.25, 0.3) is 5.91 Å². The fraction of sp³-hybridized carbons (Fsp3) is 0.417. The van der Waals surface area contributed by atoms with Crippen LogP contribution in [0.3, 0.4) is 0 Å².